The lowest BCUT2D eigenvalue weighted by Gasteiger charge is -2.35. The molecule has 3 nitrogen and oxygen atoms in total. The van der Waals surface area contributed by atoms with Gasteiger partial charge in [0.1, 0.15) is 17.1 Å². The maximum atomic E-state index is 10.5. The fourth-order valence-corrected chi connectivity index (χ4v) is 3.18. The van der Waals surface area contributed by atoms with Gasteiger partial charge in [-0.05, 0) is 50.5 Å². The van der Waals surface area contributed by atoms with Crippen LogP contribution in [-0.4, -0.2) is 10.1 Å². The predicted octanol–water partition coefficient (Wildman–Crippen LogP) is 4.81. The monoisotopic (exact) mass is 297 g/mol. The molecule has 1 aliphatic rings. The third-order valence-corrected chi connectivity index (χ3v) is 4.31. The first-order valence-electron chi connectivity index (χ1n) is 8.02. The maximum absolute atomic E-state index is 10.5. The number of benzene rings is 1. The Kier molecular flexibility index (Phi) is 3.81. The number of pyridine rings is 1. The summed E-state index contributed by atoms with van der Waals surface area (Å²) in [5, 5.41) is 10.5. The predicted molar refractivity (Wildman–Crippen MR) is 88.2 cm³/mol. The third-order valence-electron chi connectivity index (χ3n) is 4.31. The molecule has 0 saturated carbocycles. The van der Waals surface area contributed by atoms with Gasteiger partial charge in [0.05, 0.1) is 5.56 Å². The lowest BCUT2D eigenvalue weighted by molar-refractivity contribution is 0.105. The highest BCUT2D eigenvalue weighted by Crippen LogP contribution is 2.49. The summed E-state index contributed by atoms with van der Waals surface area (Å²) in [5.74, 6) is 1.05. The van der Waals surface area contributed by atoms with Crippen molar-refractivity contribution in [3.05, 3.63) is 41.7 Å². The topological polar surface area (TPSA) is 42.4 Å². The van der Waals surface area contributed by atoms with E-state index in [0.717, 1.165) is 40.8 Å². The van der Waals surface area contributed by atoms with Gasteiger partial charge in [0.25, 0.3) is 0 Å². The smallest absolute Gasteiger partial charge is 0.132 e. The van der Waals surface area contributed by atoms with Gasteiger partial charge in [0.2, 0.25) is 0 Å². The van der Waals surface area contributed by atoms with Gasteiger partial charge in [-0.1, -0.05) is 19.8 Å². The Bertz CT molecular complexity index is 692. The Labute approximate surface area is 132 Å². The fourth-order valence-electron chi connectivity index (χ4n) is 3.18. The molecule has 0 radical (unpaired) electrons. The molecule has 1 N–H and O–H groups in total. The zero-order valence-electron chi connectivity index (χ0n) is 13.5. The molecule has 1 aromatic heterocycles. The molecule has 0 amide bonds. The van der Waals surface area contributed by atoms with Crippen LogP contribution in [-0.2, 0) is 12.0 Å². The van der Waals surface area contributed by atoms with Crippen molar-refractivity contribution in [3.63, 3.8) is 0 Å². The van der Waals surface area contributed by atoms with Crippen molar-refractivity contribution in [2.24, 2.45) is 0 Å². The first kappa shape index (κ1) is 14.9. The van der Waals surface area contributed by atoms with E-state index < -0.39 is 5.60 Å². The first-order chi connectivity index (χ1) is 10.5. The number of aromatic hydroxyl groups is 1. The summed E-state index contributed by atoms with van der Waals surface area (Å²) in [6.45, 7) is 6.30. The molecule has 0 spiro atoms. The molecule has 2 aromatic rings. The zero-order valence-corrected chi connectivity index (χ0v) is 13.5. The number of unbranched alkanes of at least 4 members (excludes halogenated alkanes) is 2. The van der Waals surface area contributed by atoms with Crippen LogP contribution in [0.15, 0.2) is 30.6 Å². The van der Waals surface area contributed by atoms with Gasteiger partial charge in [0, 0.05) is 23.5 Å². The number of hydrogen-bond acceptors (Lipinski definition) is 3. The van der Waals surface area contributed by atoms with E-state index in [4.69, 9.17) is 4.74 Å². The number of rotatable bonds is 4. The molecule has 22 heavy (non-hydrogen) atoms. The number of phenols is 1. The van der Waals surface area contributed by atoms with Crippen molar-refractivity contribution in [1.82, 2.24) is 4.98 Å². The minimum absolute atomic E-state index is 0.286. The summed E-state index contributed by atoms with van der Waals surface area (Å²) >= 11 is 0. The van der Waals surface area contributed by atoms with Crippen molar-refractivity contribution in [3.8, 4) is 22.6 Å². The molecule has 3 heteroatoms. The number of phenolic OH excluding ortho intramolecular Hbond substituents is 1. The fraction of sp³-hybridized carbons (Fsp3) is 0.421. The van der Waals surface area contributed by atoms with E-state index in [0.29, 0.717) is 0 Å². The molecular formula is C19H23NO2. The molecule has 1 aromatic carbocycles. The Morgan fingerprint density at radius 2 is 2.05 bits per heavy atom. The molecule has 116 valence electrons. The lowest BCUT2D eigenvalue weighted by atomic mass is 9.86. The molecular weight excluding hydrogens is 274 g/mol. The molecule has 2 heterocycles. The van der Waals surface area contributed by atoms with Gasteiger partial charge in [0.15, 0.2) is 0 Å². The number of nitrogens with zero attached hydrogens (tertiary/aromatic N) is 1. The average Bonchev–Trinajstić information content (AvgIpc) is 2.46. The second-order valence-electron chi connectivity index (χ2n) is 6.48. The number of aromatic nitrogens is 1. The second-order valence-corrected chi connectivity index (χ2v) is 6.48. The summed E-state index contributed by atoms with van der Waals surface area (Å²) in [5.41, 5.74) is 3.50. The Morgan fingerprint density at radius 3 is 2.82 bits per heavy atom. The van der Waals surface area contributed by atoms with E-state index in [1.165, 1.54) is 12.8 Å². The number of fused-ring (bicyclic) bond motifs is 3. The highest BCUT2D eigenvalue weighted by molar-refractivity contribution is 5.81. The summed E-state index contributed by atoms with van der Waals surface area (Å²) < 4.78 is 6.19. The standard InChI is InChI=1S/C19H23NO2/c1-4-5-6-7-13-10-16(21)18-14-12-20-9-8-15(14)19(2,3)22-17(18)11-13/h8-12,21H,4-7H2,1-3H3. The molecule has 0 saturated heterocycles. The Hall–Kier alpha value is -2.03. The molecule has 1 aliphatic heterocycles. The summed E-state index contributed by atoms with van der Waals surface area (Å²) in [7, 11) is 0. The van der Waals surface area contributed by atoms with Gasteiger partial charge >= 0.3 is 0 Å². The average molecular weight is 297 g/mol. The van der Waals surface area contributed by atoms with Gasteiger partial charge < -0.3 is 9.84 Å². The molecule has 0 unspecified atom stereocenters. The summed E-state index contributed by atoms with van der Waals surface area (Å²) in [6.07, 6.45) is 8.09. The number of aryl methyl sites for hydroxylation is 1. The SMILES string of the molecule is CCCCCc1cc(O)c2c(c1)OC(C)(C)c1ccncc1-2. The normalized spacial score (nSPS) is 14.9. The molecule has 0 atom stereocenters. The van der Waals surface area contributed by atoms with Crippen LogP contribution < -0.4 is 4.74 Å². The van der Waals surface area contributed by atoms with Crippen LogP contribution in [0, 0.1) is 0 Å². The summed E-state index contributed by atoms with van der Waals surface area (Å²) in [6, 6.07) is 5.90. The maximum Gasteiger partial charge on any atom is 0.132 e. The van der Waals surface area contributed by atoms with Crippen LogP contribution in [0.4, 0.5) is 0 Å². The number of ether oxygens (including phenoxy) is 1. The van der Waals surface area contributed by atoms with E-state index in [1.807, 2.05) is 18.3 Å². The third kappa shape index (κ3) is 2.56. The first-order valence-corrected chi connectivity index (χ1v) is 8.02. The van der Waals surface area contributed by atoms with Crippen molar-refractivity contribution in [2.75, 3.05) is 0 Å². The van der Waals surface area contributed by atoms with Gasteiger partial charge in [-0.25, -0.2) is 0 Å². The lowest BCUT2D eigenvalue weighted by Crippen LogP contribution is -2.29. The molecule has 0 aliphatic carbocycles. The largest absolute Gasteiger partial charge is 0.507 e. The van der Waals surface area contributed by atoms with Crippen LogP contribution in [0.25, 0.3) is 11.1 Å². The van der Waals surface area contributed by atoms with E-state index in [1.54, 1.807) is 6.20 Å². The van der Waals surface area contributed by atoms with Crippen molar-refractivity contribution in [1.29, 1.82) is 0 Å². The van der Waals surface area contributed by atoms with E-state index in [9.17, 15) is 5.11 Å². The summed E-state index contributed by atoms with van der Waals surface area (Å²) in [4.78, 5) is 4.22. The van der Waals surface area contributed by atoms with Crippen molar-refractivity contribution in [2.45, 2.75) is 52.1 Å². The van der Waals surface area contributed by atoms with Crippen LogP contribution in [0.3, 0.4) is 0 Å². The van der Waals surface area contributed by atoms with Crippen molar-refractivity contribution < 1.29 is 9.84 Å². The molecule has 0 bridgehead atoms. The van der Waals surface area contributed by atoms with Crippen LogP contribution >= 0.6 is 0 Å². The van der Waals surface area contributed by atoms with Gasteiger partial charge in [-0.2, -0.15) is 0 Å². The van der Waals surface area contributed by atoms with Gasteiger partial charge in [-0.3, -0.25) is 4.98 Å². The highest BCUT2D eigenvalue weighted by Gasteiger charge is 2.34. The van der Waals surface area contributed by atoms with Crippen molar-refractivity contribution >= 4 is 0 Å². The minimum atomic E-state index is -0.417. The quantitative estimate of drug-likeness (QED) is 0.823. The molecule has 0 fully saturated rings. The number of hydrogen-bond donors (Lipinski definition) is 1. The zero-order chi connectivity index (χ0) is 15.7. The van der Waals surface area contributed by atoms with Gasteiger partial charge in [-0.15, -0.1) is 0 Å². The highest BCUT2D eigenvalue weighted by atomic mass is 16.5. The van der Waals surface area contributed by atoms with E-state index >= 15 is 0 Å². The van der Waals surface area contributed by atoms with E-state index in [2.05, 4.69) is 31.8 Å². The van der Waals surface area contributed by atoms with Crippen LogP contribution in [0.1, 0.15) is 51.2 Å². The van der Waals surface area contributed by atoms with E-state index in [-0.39, 0.29) is 5.75 Å². The Balaban J connectivity index is 2.06. The second kappa shape index (κ2) is 5.64. The van der Waals surface area contributed by atoms with Crippen LogP contribution in [0.2, 0.25) is 0 Å². The van der Waals surface area contributed by atoms with Crippen LogP contribution in [0.5, 0.6) is 11.5 Å². The minimum Gasteiger partial charge on any atom is -0.507 e. The molecule has 3 rings (SSSR count). The Morgan fingerprint density at radius 1 is 1.23 bits per heavy atom.